The van der Waals surface area contributed by atoms with Crippen molar-refractivity contribution in [2.45, 2.75) is 50.3 Å². The Bertz CT molecular complexity index is 331. The van der Waals surface area contributed by atoms with E-state index >= 15 is 0 Å². The minimum Gasteiger partial charge on any atom is -0.382 e. The van der Waals surface area contributed by atoms with Crippen molar-refractivity contribution < 1.29 is 14.7 Å². The van der Waals surface area contributed by atoms with Crippen LogP contribution in [0.2, 0.25) is 0 Å². The number of aliphatic hydroxyl groups is 1. The molecule has 2 aliphatic rings. The number of piperidine rings is 1. The first-order valence-electron chi connectivity index (χ1n) is 6.59. The highest BCUT2D eigenvalue weighted by Crippen LogP contribution is 2.20. The molecule has 6 nitrogen and oxygen atoms in total. The molecule has 5 N–H and O–H groups in total. The van der Waals surface area contributed by atoms with Crippen LogP contribution < -0.4 is 16.4 Å². The summed E-state index contributed by atoms with van der Waals surface area (Å²) in [5, 5.41) is 15.3. The van der Waals surface area contributed by atoms with Gasteiger partial charge in [-0.3, -0.25) is 9.59 Å². The second kappa shape index (κ2) is 5.67. The smallest absolute Gasteiger partial charge is 0.250 e. The third kappa shape index (κ3) is 3.43. The number of aliphatic hydroxyl groups excluding tert-OH is 1. The van der Waals surface area contributed by atoms with Gasteiger partial charge in [0.25, 0.3) is 5.91 Å². The molecule has 0 bridgehead atoms. The molecule has 0 aromatic heterocycles. The number of nitrogens with two attached hydrogens (primary N) is 1. The first-order valence-corrected chi connectivity index (χ1v) is 6.59. The predicted molar refractivity (Wildman–Crippen MR) is 65.5 cm³/mol. The fourth-order valence-electron chi connectivity index (χ4n) is 2.23. The van der Waals surface area contributed by atoms with Crippen molar-refractivity contribution in [2.75, 3.05) is 6.54 Å². The Morgan fingerprint density at radius 1 is 1.50 bits per heavy atom. The quantitative estimate of drug-likeness (QED) is 0.499. The van der Waals surface area contributed by atoms with E-state index in [1.165, 1.54) is 0 Å². The fraction of sp³-hybridized carbons (Fsp3) is 0.833. The number of amides is 2. The van der Waals surface area contributed by atoms with Crippen molar-refractivity contribution in [3.8, 4) is 0 Å². The molecule has 1 aliphatic heterocycles. The van der Waals surface area contributed by atoms with Crippen LogP contribution in [0.5, 0.6) is 0 Å². The zero-order valence-corrected chi connectivity index (χ0v) is 10.4. The number of hydrogen-bond donors (Lipinski definition) is 4. The molecule has 1 aliphatic carbocycles. The van der Waals surface area contributed by atoms with Crippen molar-refractivity contribution >= 4 is 11.8 Å². The number of rotatable bonds is 5. The molecule has 1 unspecified atom stereocenters. The van der Waals surface area contributed by atoms with Gasteiger partial charge >= 0.3 is 0 Å². The summed E-state index contributed by atoms with van der Waals surface area (Å²) < 4.78 is 0. The van der Waals surface area contributed by atoms with Gasteiger partial charge in [0.15, 0.2) is 0 Å². The molecular weight excluding hydrogens is 234 g/mol. The lowest BCUT2D eigenvalue weighted by Gasteiger charge is -2.26. The third-order valence-corrected chi connectivity index (χ3v) is 3.55. The SMILES string of the molecule is N[C@@H](C[C@@H]1CCCNC1=O)C(O)C(=O)NC1CC1. The molecule has 3 atom stereocenters. The van der Waals surface area contributed by atoms with E-state index in [2.05, 4.69) is 10.6 Å². The second-order valence-corrected chi connectivity index (χ2v) is 5.26. The molecule has 0 radical (unpaired) electrons. The van der Waals surface area contributed by atoms with E-state index in [-0.39, 0.29) is 17.9 Å². The summed E-state index contributed by atoms with van der Waals surface area (Å²) in [5.41, 5.74) is 5.82. The van der Waals surface area contributed by atoms with Crippen LogP contribution in [0.3, 0.4) is 0 Å². The third-order valence-electron chi connectivity index (χ3n) is 3.55. The maximum absolute atomic E-state index is 11.6. The lowest BCUT2D eigenvalue weighted by molar-refractivity contribution is -0.132. The summed E-state index contributed by atoms with van der Waals surface area (Å²) in [5.74, 6) is -0.621. The molecule has 1 heterocycles. The van der Waals surface area contributed by atoms with Crippen LogP contribution in [0.1, 0.15) is 32.1 Å². The highest BCUT2D eigenvalue weighted by atomic mass is 16.3. The molecule has 2 amide bonds. The van der Waals surface area contributed by atoms with E-state index in [9.17, 15) is 14.7 Å². The monoisotopic (exact) mass is 255 g/mol. The van der Waals surface area contributed by atoms with Crippen LogP contribution in [0.4, 0.5) is 0 Å². The number of hydrogen-bond acceptors (Lipinski definition) is 4. The summed E-state index contributed by atoms with van der Waals surface area (Å²) in [6.45, 7) is 0.704. The van der Waals surface area contributed by atoms with Crippen LogP contribution >= 0.6 is 0 Å². The summed E-state index contributed by atoms with van der Waals surface area (Å²) in [7, 11) is 0. The topological polar surface area (TPSA) is 104 Å². The van der Waals surface area contributed by atoms with Crippen molar-refractivity contribution in [3.63, 3.8) is 0 Å². The van der Waals surface area contributed by atoms with Gasteiger partial charge in [0.1, 0.15) is 6.10 Å². The lowest BCUT2D eigenvalue weighted by Crippen LogP contribution is -2.49. The van der Waals surface area contributed by atoms with E-state index in [4.69, 9.17) is 5.73 Å². The Kier molecular flexibility index (Phi) is 4.19. The Morgan fingerprint density at radius 2 is 2.22 bits per heavy atom. The maximum atomic E-state index is 11.6. The molecule has 0 aromatic rings. The first-order chi connectivity index (χ1) is 8.58. The number of carbonyl (C=O) groups is 2. The molecule has 18 heavy (non-hydrogen) atoms. The molecule has 2 fully saturated rings. The summed E-state index contributed by atoms with van der Waals surface area (Å²) in [6.07, 6.45) is 2.77. The fourth-order valence-corrected chi connectivity index (χ4v) is 2.23. The van der Waals surface area contributed by atoms with Gasteiger partial charge in [-0.25, -0.2) is 0 Å². The highest BCUT2D eigenvalue weighted by Gasteiger charge is 2.32. The van der Waals surface area contributed by atoms with Gasteiger partial charge < -0.3 is 21.5 Å². The molecule has 0 aromatic carbocycles. The van der Waals surface area contributed by atoms with Crippen LogP contribution in [0, 0.1) is 5.92 Å². The van der Waals surface area contributed by atoms with Gasteiger partial charge in [-0.05, 0) is 32.1 Å². The summed E-state index contributed by atoms with van der Waals surface area (Å²) in [6, 6.07) is -0.477. The largest absolute Gasteiger partial charge is 0.382 e. The lowest BCUT2D eigenvalue weighted by atomic mass is 9.90. The zero-order chi connectivity index (χ0) is 13.1. The van der Waals surface area contributed by atoms with Gasteiger partial charge in [0.05, 0.1) is 0 Å². The zero-order valence-electron chi connectivity index (χ0n) is 10.4. The number of carbonyl (C=O) groups excluding carboxylic acids is 2. The van der Waals surface area contributed by atoms with Crippen LogP contribution in [-0.2, 0) is 9.59 Å². The van der Waals surface area contributed by atoms with E-state index in [1.54, 1.807) is 0 Å². The molecule has 102 valence electrons. The van der Waals surface area contributed by atoms with E-state index in [1.807, 2.05) is 0 Å². The van der Waals surface area contributed by atoms with Gasteiger partial charge in [0, 0.05) is 24.5 Å². The van der Waals surface area contributed by atoms with Gasteiger partial charge in [-0.15, -0.1) is 0 Å². The van der Waals surface area contributed by atoms with Crippen molar-refractivity contribution in [2.24, 2.45) is 11.7 Å². The Balaban J connectivity index is 1.79. The van der Waals surface area contributed by atoms with Gasteiger partial charge in [0.2, 0.25) is 5.91 Å². The van der Waals surface area contributed by atoms with Crippen molar-refractivity contribution in [3.05, 3.63) is 0 Å². The van der Waals surface area contributed by atoms with Gasteiger partial charge in [-0.1, -0.05) is 0 Å². The first kappa shape index (κ1) is 13.3. The normalized spacial score (nSPS) is 27.2. The molecule has 0 spiro atoms. The van der Waals surface area contributed by atoms with E-state index in [0.717, 1.165) is 25.7 Å². The van der Waals surface area contributed by atoms with Crippen molar-refractivity contribution in [1.29, 1.82) is 0 Å². The number of nitrogens with one attached hydrogen (secondary N) is 2. The molecule has 1 saturated heterocycles. The van der Waals surface area contributed by atoms with Crippen LogP contribution in [0.25, 0.3) is 0 Å². The molecule has 1 saturated carbocycles. The summed E-state index contributed by atoms with van der Waals surface area (Å²) >= 11 is 0. The van der Waals surface area contributed by atoms with Crippen LogP contribution in [0.15, 0.2) is 0 Å². The predicted octanol–water partition coefficient (Wildman–Crippen LogP) is -1.13. The minimum absolute atomic E-state index is 0.0218. The Hall–Kier alpha value is -1.14. The standard InChI is InChI=1S/C12H21N3O3/c13-9(6-7-2-1-5-14-11(7)17)10(16)12(18)15-8-3-4-8/h7-10,16H,1-6,13H2,(H,14,17)(H,15,18)/t7-,9-,10?/m0/s1. The molecule has 2 rings (SSSR count). The van der Waals surface area contributed by atoms with E-state index < -0.39 is 18.1 Å². The van der Waals surface area contributed by atoms with Crippen molar-refractivity contribution in [1.82, 2.24) is 10.6 Å². The van der Waals surface area contributed by atoms with Gasteiger partial charge in [-0.2, -0.15) is 0 Å². The Morgan fingerprint density at radius 3 is 2.83 bits per heavy atom. The second-order valence-electron chi connectivity index (χ2n) is 5.26. The summed E-state index contributed by atoms with van der Waals surface area (Å²) in [4.78, 5) is 23.2. The average Bonchev–Trinajstić information content (AvgIpc) is 3.15. The minimum atomic E-state index is -1.22. The average molecular weight is 255 g/mol. The molecular formula is C12H21N3O3. The Labute approximate surface area is 106 Å². The van der Waals surface area contributed by atoms with Crippen LogP contribution in [-0.4, -0.2) is 41.7 Å². The van der Waals surface area contributed by atoms with E-state index in [0.29, 0.717) is 13.0 Å². The highest BCUT2D eigenvalue weighted by molar-refractivity contribution is 5.82. The molecule has 6 heteroatoms. The maximum Gasteiger partial charge on any atom is 0.250 e.